The van der Waals surface area contributed by atoms with E-state index in [1.165, 1.54) is 46.6 Å². The number of hydrogen-bond acceptors (Lipinski definition) is 12. The Morgan fingerprint density at radius 1 is 0.675 bits per heavy atom. The van der Waals surface area contributed by atoms with Crippen LogP contribution in [0.25, 0.3) is 0 Å². The maximum Gasteiger partial charge on any atom is 0.410 e. The van der Waals surface area contributed by atoms with E-state index in [1.807, 2.05) is 0 Å². The molecule has 0 aromatic carbocycles. The first-order valence-corrected chi connectivity index (χ1v) is 14.3. The van der Waals surface area contributed by atoms with Crippen LogP contribution in [-0.4, -0.2) is 92.6 Å². The molecule has 0 atom stereocenters. The minimum Gasteiger partial charge on any atom is -0.444 e. The van der Waals surface area contributed by atoms with Crippen LogP contribution in [0.2, 0.25) is 0 Å². The molecular formula is C24H38N8O6S2. The number of ether oxygens (including phenoxy) is 2. The predicted octanol–water partition coefficient (Wildman–Crippen LogP) is 3.57. The van der Waals surface area contributed by atoms with Crippen molar-refractivity contribution in [1.82, 2.24) is 30.2 Å². The molecule has 0 aliphatic heterocycles. The van der Waals surface area contributed by atoms with Gasteiger partial charge in [0.25, 0.3) is 0 Å². The molecule has 0 bridgehead atoms. The molecule has 0 radical (unpaired) electrons. The van der Waals surface area contributed by atoms with Crippen molar-refractivity contribution in [3.63, 3.8) is 0 Å². The van der Waals surface area contributed by atoms with Crippen molar-refractivity contribution in [2.24, 2.45) is 0 Å². The highest BCUT2D eigenvalue weighted by molar-refractivity contribution is 7.15. The predicted molar refractivity (Wildman–Crippen MR) is 151 cm³/mol. The number of carbonyl (C=O) groups excluding carboxylic acids is 4. The number of anilines is 2. The van der Waals surface area contributed by atoms with Gasteiger partial charge in [0.2, 0.25) is 22.1 Å². The number of likely N-dealkylation sites (N-methyl/N-ethyl adjacent to an activating group) is 2. The van der Waals surface area contributed by atoms with Gasteiger partial charge in [-0.05, 0) is 54.4 Å². The first kappa shape index (κ1) is 32.8. The fraction of sp³-hybridized carbons (Fsp3) is 0.667. The molecule has 40 heavy (non-hydrogen) atoms. The smallest absolute Gasteiger partial charge is 0.410 e. The van der Waals surface area contributed by atoms with E-state index in [9.17, 15) is 19.2 Å². The van der Waals surface area contributed by atoms with Crippen molar-refractivity contribution in [2.45, 2.75) is 78.4 Å². The zero-order valence-corrected chi connectivity index (χ0v) is 25.8. The summed E-state index contributed by atoms with van der Waals surface area (Å²) in [6.07, 6.45) is 1.79. The maximum atomic E-state index is 12.2. The third-order valence-electron chi connectivity index (χ3n) is 4.63. The van der Waals surface area contributed by atoms with Crippen LogP contribution in [0.4, 0.5) is 19.9 Å². The molecule has 0 spiro atoms. The lowest BCUT2D eigenvalue weighted by Gasteiger charge is -2.24. The van der Waals surface area contributed by atoms with Gasteiger partial charge in [0.05, 0.1) is 0 Å². The summed E-state index contributed by atoms with van der Waals surface area (Å²) in [6, 6.07) is 0. The van der Waals surface area contributed by atoms with Crippen LogP contribution in [0, 0.1) is 0 Å². The number of nitrogens with one attached hydrogen (secondary N) is 2. The second kappa shape index (κ2) is 14.3. The average Bonchev–Trinajstić information content (AvgIpc) is 3.43. The Hall–Kier alpha value is -3.40. The van der Waals surface area contributed by atoms with Gasteiger partial charge in [-0.15, -0.1) is 20.4 Å². The Bertz CT molecular complexity index is 1080. The topological polar surface area (TPSA) is 169 Å². The van der Waals surface area contributed by atoms with Gasteiger partial charge >= 0.3 is 12.2 Å². The number of amides is 4. The minimum atomic E-state index is -0.647. The van der Waals surface area contributed by atoms with Crippen molar-refractivity contribution in [1.29, 1.82) is 0 Å². The van der Waals surface area contributed by atoms with E-state index >= 15 is 0 Å². The van der Waals surface area contributed by atoms with Crippen molar-refractivity contribution in [3.8, 4) is 0 Å². The fourth-order valence-corrected chi connectivity index (χ4v) is 4.52. The number of carbonyl (C=O) groups is 4. The van der Waals surface area contributed by atoms with Crippen molar-refractivity contribution < 1.29 is 28.7 Å². The first-order chi connectivity index (χ1) is 18.5. The highest BCUT2D eigenvalue weighted by Gasteiger charge is 2.23. The van der Waals surface area contributed by atoms with E-state index in [1.54, 1.807) is 41.5 Å². The third-order valence-corrected chi connectivity index (χ3v) is 6.43. The molecule has 0 fully saturated rings. The third kappa shape index (κ3) is 12.6. The summed E-state index contributed by atoms with van der Waals surface area (Å²) >= 11 is 2.55. The molecule has 14 nitrogen and oxygen atoms in total. The Kier molecular flexibility index (Phi) is 11.7. The molecule has 2 heterocycles. The zero-order chi connectivity index (χ0) is 30.1. The lowest BCUT2D eigenvalue weighted by Crippen LogP contribution is -2.38. The second-order valence-corrected chi connectivity index (χ2v) is 13.1. The van der Waals surface area contributed by atoms with Crippen molar-refractivity contribution >= 4 is 56.9 Å². The Morgan fingerprint density at radius 2 is 1.02 bits per heavy atom. The number of nitrogens with zero attached hydrogens (tertiary/aromatic N) is 6. The SMILES string of the molecule is CN(CC(=O)Nc1nnc(CCCCc2nnc(NC(=O)CN(C)C(=O)OC(C)(C)C)s2)s1)C(=O)OC(C)(C)C. The van der Waals surface area contributed by atoms with Gasteiger partial charge in [-0.1, -0.05) is 22.7 Å². The summed E-state index contributed by atoms with van der Waals surface area (Å²) in [5, 5.41) is 23.8. The number of aryl methyl sites for hydroxylation is 2. The summed E-state index contributed by atoms with van der Waals surface area (Å²) in [4.78, 5) is 50.9. The largest absolute Gasteiger partial charge is 0.444 e. The lowest BCUT2D eigenvalue weighted by molar-refractivity contribution is -0.117. The van der Waals surface area contributed by atoms with Crippen LogP contribution in [0.15, 0.2) is 0 Å². The molecule has 0 aliphatic rings. The van der Waals surface area contributed by atoms with Crippen LogP contribution >= 0.6 is 22.7 Å². The van der Waals surface area contributed by atoms with E-state index in [0.717, 1.165) is 22.9 Å². The van der Waals surface area contributed by atoms with E-state index < -0.39 is 35.2 Å². The van der Waals surface area contributed by atoms with Crippen LogP contribution < -0.4 is 10.6 Å². The Labute approximate surface area is 241 Å². The molecule has 2 rings (SSSR count). The molecule has 2 aromatic heterocycles. The Morgan fingerprint density at radius 3 is 1.35 bits per heavy atom. The van der Waals surface area contributed by atoms with Crippen molar-refractivity contribution in [2.75, 3.05) is 37.8 Å². The summed E-state index contributed by atoms with van der Waals surface area (Å²) in [6.45, 7) is 10.2. The summed E-state index contributed by atoms with van der Waals surface area (Å²) in [5.41, 5.74) is -1.29. The van der Waals surface area contributed by atoms with E-state index in [-0.39, 0.29) is 13.1 Å². The standard InChI is InChI=1S/C24H38N8O6S2/c1-23(2,3)37-21(35)31(7)13-15(33)25-19-29-27-17(39-19)11-9-10-12-18-28-30-20(40-18)26-16(34)14-32(8)22(36)38-24(4,5)6/h9-14H2,1-8H3,(H,25,29,33)(H,26,30,34). The van der Waals surface area contributed by atoms with Gasteiger partial charge in [0.1, 0.15) is 34.3 Å². The number of aromatic nitrogens is 4. The lowest BCUT2D eigenvalue weighted by atomic mass is 10.2. The van der Waals surface area contributed by atoms with E-state index in [0.29, 0.717) is 23.1 Å². The Balaban J connectivity index is 1.69. The maximum absolute atomic E-state index is 12.2. The van der Waals surface area contributed by atoms with Gasteiger partial charge < -0.3 is 19.3 Å². The van der Waals surface area contributed by atoms with Gasteiger partial charge in [0.15, 0.2) is 0 Å². The molecule has 2 N–H and O–H groups in total. The van der Waals surface area contributed by atoms with Crippen LogP contribution in [0.5, 0.6) is 0 Å². The van der Waals surface area contributed by atoms with E-state index in [4.69, 9.17) is 9.47 Å². The van der Waals surface area contributed by atoms with Gasteiger partial charge in [-0.2, -0.15) is 0 Å². The number of unbranched alkanes of at least 4 members (excludes halogenated alkanes) is 1. The first-order valence-electron chi connectivity index (χ1n) is 12.6. The molecule has 0 aliphatic carbocycles. The highest BCUT2D eigenvalue weighted by Crippen LogP contribution is 2.20. The molecule has 0 unspecified atom stereocenters. The number of rotatable bonds is 11. The monoisotopic (exact) mass is 598 g/mol. The molecule has 222 valence electrons. The summed E-state index contributed by atoms with van der Waals surface area (Å²) in [5.74, 6) is -0.793. The zero-order valence-electron chi connectivity index (χ0n) is 24.2. The molecule has 4 amide bonds. The average molecular weight is 599 g/mol. The van der Waals surface area contributed by atoms with Crippen molar-refractivity contribution in [3.05, 3.63) is 10.0 Å². The number of hydrogen-bond donors (Lipinski definition) is 2. The van der Waals surface area contributed by atoms with E-state index in [2.05, 4.69) is 31.0 Å². The quantitative estimate of drug-likeness (QED) is 0.365. The molecule has 0 saturated carbocycles. The minimum absolute atomic E-state index is 0.172. The fourth-order valence-electron chi connectivity index (χ4n) is 2.92. The molecule has 16 heteroatoms. The highest BCUT2D eigenvalue weighted by atomic mass is 32.1. The molecular weight excluding hydrogens is 560 g/mol. The van der Waals surface area contributed by atoms with Crippen LogP contribution in [0.1, 0.15) is 64.4 Å². The van der Waals surface area contributed by atoms with Gasteiger partial charge in [0, 0.05) is 26.9 Å². The second-order valence-electron chi connectivity index (χ2n) is 11.0. The molecule has 2 aromatic rings. The van der Waals surface area contributed by atoms with Crippen LogP contribution in [-0.2, 0) is 31.9 Å². The molecule has 0 saturated heterocycles. The van der Waals surface area contributed by atoms with Gasteiger partial charge in [-0.25, -0.2) is 9.59 Å². The summed E-state index contributed by atoms with van der Waals surface area (Å²) in [7, 11) is 2.97. The van der Waals surface area contributed by atoms with Gasteiger partial charge in [-0.3, -0.25) is 20.2 Å². The van der Waals surface area contributed by atoms with Crippen LogP contribution in [0.3, 0.4) is 0 Å². The normalized spacial score (nSPS) is 11.5. The summed E-state index contributed by atoms with van der Waals surface area (Å²) < 4.78 is 10.5.